The van der Waals surface area contributed by atoms with Gasteiger partial charge in [0.05, 0.1) is 11.3 Å². The van der Waals surface area contributed by atoms with Gasteiger partial charge in [0.15, 0.2) is 0 Å². The molecule has 1 aliphatic carbocycles. The second kappa shape index (κ2) is 4.47. The van der Waals surface area contributed by atoms with Crippen molar-refractivity contribution in [2.24, 2.45) is 0 Å². The molecule has 1 amide bonds. The van der Waals surface area contributed by atoms with Crippen LogP contribution in [0.25, 0.3) is 0 Å². The number of nitro groups is 1. The van der Waals surface area contributed by atoms with Gasteiger partial charge in [-0.05, 0) is 31.4 Å². The molecule has 1 aliphatic heterocycles. The first-order chi connectivity index (χ1) is 9.47. The number of rotatable bonds is 3. The molecule has 0 spiro atoms. The Kier molecular flexibility index (Phi) is 2.88. The molecule has 6 nitrogen and oxygen atoms in total. The highest BCUT2D eigenvalue weighted by Crippen LogP contribution is 2.39. The van der Waals surface area contributed by atoms with E-state index in [2.05, 4.69) is 17.6 Å². The van der Waals surface area contributed by atoms with E-state index in [1.54, 1.807) is 6.07 Å². The van der Waals surface area contributed by atoms with Crippen LogP contribution in [-0.2, 0) is 11.2 Å². The molecule has 0 saturated heterocycles. The fourth-order valence-corrected chi connectivity index (χ4v) is 3.12. The predicted octanol–water partition coefficient (Wildman–Crippen LogP) is 2.83. The van der Waals surface area contributed by atoms with Crippen LogP contribution in [0.5, 0.6) is 0 Å². The number of hydrogen-bond acceptors (Lipinski definition) is 4. The normalized spacial score (nSPS) is 19.6. The Labute approximate surface area is 116 Å². The minimum atomic E-state index is -0.385. The topological polar surface area (TPSA) is 84.3 Å². The average Bonchev–Trinajstić information content (AvgIpc) is 2.93. The van der Waals surface area contributed by atoms with Gasteiger partial charge in [-0.1, -0.05) is 12.8 Å². The number of nitro benzene ring substituents is 1. The van der Waals surface area contributed by atoms with Gasteiger partial charge in [-0.25, -0.2) is 0 Å². The van der Waals surface area contributed by atoms with E-state index in [9.17, 15) is 14.9 Å². The smallest absolute Gasteiger partial charge is 0.292 e. The van der Waals surface area contributed by atoms with Crippen molar-refractivity contribution in [3.8, 4) is 0 Å². The van der Waals surface area contributed by atoms with Crippen LogP contribution in [0.3, 0.4) is 0 Å². The van der Waals surface area contributed by atoms with Gasteiger partial charge in [0.25, 0.3) is 5.69 Å². The second-order valence-electron chi connectivity index (χ2n) is 5.90. The highest BCUT2D eigenvalue weighted by molar-refractivity contribution is 6.00. The molecule has 1 aromatic rings. The zero-order valence-corrected chi connectivity index (χ0v) is 11.4. The molecule has 2 aliphatic rings. The Balaban J connectivity index is 1.98. The third kappa shape index (κ3) is 2.21. The molecule has 20 heavy (non-hydrogen) atoms. The lowest BCUT2D eigenvalue weighted by Crippen LogP contribution is -2.31. The lowest BCUT2D eigenvalue weighted by molar-refractivity contribution is -0.384. The highest BCUT2D eigenvalue weighted by atomic mass is 16.6. The van der Waals surface area contributed by atoms with Crippen LogP contribution in [0, 0.1) is 10.1 Å². The van der Waals surface area contributed by atoms with Gasteiger partial charge in [0, 0.05) is 17.3 Å². The quantitative estimate of drug-likeness (QED) is 0.656. The van der Waals surface area contributed by atoms with Crippen molar-refractivity contribution in [1.82, 2.24) is 0 Å². The first kappa shape index (κ1) is 12.9. The van der Waals surface area contributed by atoms with E-state index >= 15 is 0 Å². The van der Waals surface area contributed by atoms with Crippen molar-refractivity contribution in [3.05, 3.63) is 27.8 Å². The zero-order chi connectivity index (χ0) is 14.3. The van der Waals surface area contributed by atoms with E-state index < -0.39 is 0 Å². The number of benzene rings is 1. The molecule has 6 heteroatoms. The van der Waals surface area contributed by atoms with E-state index in [0.717, 1.165) is 25.7 Å². The number of anilines is 2. The molecule has 0 bridgehead atoms. The molecular weight excluding hydrogens is 258 g/mol. The number of nitrogens with one attached hydrogen (secondary N) is 2. The van der Waals surface area contributed by atoms with E-state index in [1.807, 2.05) is 0 Å². The Hall–Kier alpha value is -2.11. The van der Waals surface area contributed by atoms with E-state index in [1.165, 1.54) is 6.07 Å². The first-order valence-electron chi connectivity index (χ1n) is 6.86. The maximum atomic E-state index is 11.4. The molecule has 1 fully saturated rings. The minimum Gasteiger partial charge on any atom is -0.374 e. The Morgan fingerprint density at radius 2 is 2.05 bits per heavy atom. The highest BCUT2D eigenvalue weighted by Gasteiger charge is 2.32. The molecule has 0 unspecified atom stereocenters. The van der Waals surface area contributed by atoms with Crippen LogP contribution in [0.2, 0.25) is 0 Å². The van der Waals surface area contributed by atoms with Crippen molar-refractivity contribution < 1.29 is 9.72 Å². The molecule has 1 heterocycles. The van der Waals surface area contributed by atoms with Crippen LogP contribution >= 0.6 is 0 Å². The molecule has 106 valence electrons. The summed E-state index contributed by atoms with van der Waals surface area (Å²) in [6.07, 6.45) is 4.51. The van der Waals surface area contributed by atoms with E-state index in [-0.39, 0.29) is 28.5 Å². The predicted molar refractivity (Wildman–Crippen MR) is 75.9 cm³/mol. The summed E-state index contributed by atoms with van der Waals surface area (Å²) in [5.74, 6) is -0.112. The third-order valence-electron chi connectivity index (χ3n) is 4.19. The summed E-state index contributed by atoms with van der Waals surface area (Å²) in [7, 11) is 0. The maximum absolute atomic E-state index is 11.4. The van der Waals surface area contributed by atoms with Crippen LogP contribution in [-0.4, -0.2) is 16.4 Å². The van der Waals surface area contributed by atoms with Crippen LogP contribution < -0.4 is 10.6 Å². The van der Waals surface area contributed by atoms with Crippen molar-refractivity contribution >= 4 is 23.0 Å². The Bertz CT molecular complexity index is 592. The molecule has 1 aromatic carbocycles. The summed E-state index contributed by atoms with van der Waals surface area (Å²) in [4.78, 5) is 22.3. The molecule has 2 N–H and O–H groups in total. The standard InChI is InChI=1S/C14H17N3O3/c1-14(4-2-3-5-14)16-11-8-10-9(7-13(18)15-10)6-12(11)17(19)20/h6,8,16H,2-5,7H2,1H3,(H,15,18). The van der Waals surface area contributed by atoms with Crippen molar-refractivity contribution in [2.75, 3.05) is 10.6 Å². The number of carbonyl (C=O) groups is 1. The van der Waals surface area contributed by atoms with Crippen molar-refractivity contribution in [3.63, 3.8) is 0 Å². The number of hydrogen-bond donors (Lipinski definition) is 2. The number of nitrogens with zero attached hydrogens (tertiary/aromatic N) is 1. The first-order valence-corrected chi connectivity index (χ1v) is 6.86. The van der Waals surface area contributed by atoms with Gasteiger partial charge in [-0.3, -0.25) is 14.9 Å². The monoisotopic (exact) mass is 275 g/mol. The fraction of sp³-hybridized carbons (Fsp3) is 0.500. The summed E-state index contributed by atoms with van der Waals surface area (Å²) in [6.45, 7) is 2.09. The summed E-state index contributed by atoms with van der Waals surface area (Å²) < 4.78 is 0. The third-order valence-corrected chi connectivity index (χ3v) is 4.19. The number of amides is 1. The Morgan fingerprint density at radius 3 is 2.70 bits per heavy atom. The van der Waals surface area contributed by atoms with E-state index in [4.69, 9.17) is 0 Å². The van der Waals surface area contributed by atoms with Crippen molar-refractivity contribution in [2.45, 2.75) is 44.6 Å². The van der Waals surface area contributed by atoms with Gasteiger partial charge < -0.3 is 10.6 Å². The fourth-order valence-electron chi connectivity index (χ4n) is 3.12. The molecule has 0 aromatic heterocycles. The zero-order valence-electron chi connectivity index (χ0n) is 11.4. The molecule has 1 saturated carbocycles. The van der Waals surface area contributed by atoms with Crippen LogP contribution in [0.1, 0.15) is 38.2 Å². The van der Waals surface area contributed by atoms with Gasteiger partial charge in [-0.2, -0.15) is 0 Å². The Morgan fingerprint density at radius 1 is 1.35 bits per heavy atom. The van der Waals surface area contributed by atoms with Gasteiger partial charge in [0.1, 0.15) is 5.69 Å². The lowest BCUT2D eigenvalue weighted by atomic mass is 9.99. The molecule has 0 radical (unpaired) electrons. The summed E-state index contributed by atoms with van der Waals surface area (Å²) >= 11 is 0. The minimum absolute atomic E-state index is 0.0494. The SMILES string of the molecule is CC1(Nc2cc3c(cc2[N+](=O)[O-])CC(=O)N3)CCCC1. The van der Waals surface area contributed by atoms with Gasteiger partial charge in [0.2, 0.25) is 5.91 Å². The summed E-state index contributed by atoms with van der Waals surface area (Å²) in [5.41, 5.74) is 1.84. The second-order valence-corrected chi connectivity index (χ2v) is 5.90. The van der Waals surface area contributed by atoms with E-state index in [0.29, 0.717) is 16.9 Å². The van der Waals surface area contributed by atoms with Gasteiger partial charge in [-0.15, -0.1) is 0 Å². The largest absolute Gasteiger partial charge is 0.374 e. The molecule has 3 rings (SSSR count). The molecular formula is C14H17N3O3. The van der Waals surface area contributed by atoms with Crippen molar-refractivity contribution in [1.29, 1.82) is 0 Å². The van der Waals surface area contributed by atoms with Gasteiger partial charge >= 0.3 is 0 Å². The lowest BCUT2D eigenvalue weighted by Gasteiger charge is -2.26. The number of fused-ring (bicyclic) bond motifs is 1. The number of carbonyl (C=O) groups excluding carboxylic acids is 1. The average molecular weight is 275 g/mol. The molecule has 0 atom stereocenters. The summed E-state index contributed by atoms with van der Waals surface area (Å²) in [6, 6.07) is 3.20. The van der Waals surface area contributed by atoms with Crippen LogP contribution in [0.4, 0.5) is 17.1 Å². The summed E-state index contributed by atoms with van der Waals surface area (Å²) in [5, 5.41) is 17.3. The maximum Gasteiger partial charge on any atom is 0.292 e. The van der Waals surface area contributed by atoms with Crippen LogP contribution in [0.15, 0.2) is 12.1 Å².